The van der Waals surface area contributed by atoms with Gasteiger partial charge in [-0.15, -0.1) is 0 Å². The largest absolute Gasteiger partial charge is 0.367 e. The predicted octanol–water partition coefficient (Wildman–Crippen LogP) is 5.53. The Hall–Kier alpha value is -1.64. The molecule has 2 heteroatoms. The van der Waals surface area contributed by atoms with Crippen LogP contribution < -0.4 is 5.32 Å². The van der Waals surface area contributed by atoms with E-state index >= 15 is 0 Å². The molecule has 1 atom stereocenters. The molecular weight excluding hydrogens is 318 g/mol. The molecule has 0 saturated heterocycles. The van der Waals surface area contributed by atoms with E-state index in [0.29, 0.717) is 0 Å². The summed E-state index contributed by atoms with van der Waals surface area (Å²) >= 11 is 0. The molecule has 140 valence electrons. The zero-order valence-electron chi connectivity index (χ0n) is 16.5. The second-order valence-electron chi connectivity index (χ2n) is 7.82. The smallest absolute Gasteiger partial charge is 0.135 e. The number of hydrogen-bond donors (Lipinski definition) is 1. The first-order chi connectivity index (χ1) is 12.7. The van der Waals surface area contributed by atoms with Gasteiger partial charge in [-0.25, -0.2) is 0 Å². The zero-order valence-corrected chi connectivity index (χ0v) is 16.5. The number of nitrogens with one attached hydrogen (secondary N) is 1. The summed E-state index contributed by atoms with van der Waals surface area (Å²) in [5, 5.41) is 3.83. The summed E-state index contributed by atoms with van der Waals surface area (Å²) in [6.45, 7) is 5.46. The van der Waals surface area contributed by atoms with Gasteiger partial charge in [-0.3, -0.25) is 0 Å². The van der Waals surface area contributed by atoms with Crippen LogP contribution in [-0.2, 0) is 10.3 Å². The Morgan fingerprint density at radius 2 is 1.50 bits per heavy atom. The van der Waals surface area contributed by atoms with Gasteiger partial charge in [0.2, 0.25) is 0 Å². The maximum Gasteiger partial charge on any atom is 0.135 e. The number of hydrogen-bond acceptors (Lipinski definition) is 2. The Kier molecular flexibility index (Phi) is 6.16. The minimum absolute atomic E-state index is 0.186. The standard InChI is InChI=1S/C24H33NO/c1-4-25-23(2,19-18-20-12-11-13-20)24(26-3,21-14-7-5-8-15-21)22-16-9-6-10-17-22/h5-10,14-17,20,25H,4,11-13,18-19H2,1-3H3. The van der Waals surface area contributed by atoms with E-state index in [-0.39, 0.29) is 5.54 Å². The number of ether oxygens (including phenoxy) is 1. The molecule has 1 aliphatic carbocycles. The van der Waals surface area contributed by atoms with Crippen LogP contribution in [-0.4, -0.2) is 19.2 Å². The Balaban J connectivity index is 2.09. The normalized spacial score (nSPS) is 17.5. The van der Waals surface area contributed by atoms with Crippen molar-refractivity contribution >= 4 is 0 Å². The summed E-state index contributed by atoms with van der Waals surface area (Å²) in [5.41, 5.74) is 1.72. The van der Waals surface area contributed by atoms with E-state index in [1.807, 2.05) is 7.11 Å². The average Bonchev–Trinajstić information content (AvgIpc) is 2.63. The first-order valence-corrected chi connectivity index (χ1v) is 10.1. The molecular formula is C24H33NO. The van der Waals surface area contributed by atoms with Crippen LogP contribution in [0, 0.1) is 5.92 Å². The van der Waals surface area contributed by atoms with E-state index in [4.69, 9.17) is 4.74 Å². The molecule has 0 bridgehead atoms. The van der Waals surface area contributed by atoms with Gasteiger partial charge in [0.15, 0.2) is 0 Å². The molecule has 1 N–H and O–H groups in total. The van der Waals surface area contributed by atoms with Gasteiger partial charge in [-0.05, 0) is 43.4 Å². The van der Waals surface area contributed by atoms with Crippen LogP contribution in [0.15, 0.2) is 60.7 Å². The summed E-state index contributed by atoms with van der Waals surface area (Å²) < 4.78 is 6.45. The van der Waals surface area contributed by atoms with Crippen molar-refractivity contribution in [3.05, 3.63) is 71.8 Å². The third kappa shape index (κ3) is 3.45. The highest BCUT2D eigenvalue weighted by Gasteiger charge is 2.50. The molecule has 1 fully saturated rings. The van der Waals surface area contributed by atoms with Crippen LogP contribution in [0.25, 0.3) is 0 Å². The van der Waals surface area contributed by atoms with Crippen molar-refractivity contribution in [3.63, 3.8) is 0 Å². The SMILES string of the molecule is CCNC(C)(CCC1CCC1)C(OC)(c1ccccc1)c1ccccc1. The first-order valence-electron chi connectivity index (χ1n) is 10.1. The zero-order chi connectivity index (χ0) is 18.5. The molecule has 2 aromatic carbocycles. The molecule has 0 radical (unpaired) electrons. The van der Waals surface area contributed by atoms with Crippen molar-refractivity contribution in [1.82, 2.24) is 5.32 Å². The lowest BCUT2D eigenvalue weighted by molar-refractivity contribution is -0.0596. The van der Waals surface area contributed by atoms with Crippen LogP contribution in [0.5, 0.6) is 0 Å². The maximum absolute atomic E-state index is 6.45. The lowest BCUT2D eigenvalue weighted by atomic mass is 9.67. The molecule has 2 aromatic rings. The topological polar surface area (TPSA) is 21.3 Å². The van der Waals surface area contributed by atoms with Gasteiger partial charge >= 0.3 is 0 Å². The van der Waals surface area contributed by atoms with Crippen LogP contribution in [0.4, 0.5) is 0 Å². The molecule has 0 heterocycles. The summed E-state index contributed by atoms with van der Waals surface area (Å²) in [5.74, 6) is 0.883. The van der Waals surface area contributed by atoms with Crippen molar-refractivity contribution in [2.45, 2.75) is 57.1 Å². The summed E-state index contributed by atoms with van der Waals surface area (Å²) in [4.78, 5) is 0. The summed E-state index contributed by atoms with van der Waals surface area (Å²) in [7, 11) is 1.86. The number of rotatable bonds is 9. The average molecular weight is 352 g/mol. The number of likely N-dealkylation sites (N-methyl/N-ethyl adjacent to an activating group) is 1. The fraction of sp³-hybridized carbons (Fsp3) is 0.500. The quantitative estimate of drug-likeness (QED) is 0.642. The van der Waals surface area contributed by atoms with E-state index in [1.54, 1.807) is 0 Å². The molecule has 2 nitrogen and oxygen atoms in total. The van der Waals surface area contributed by atoms with Gasteiger partial charge in [0.05, 0.1) is 5.54 Å². The van der Waals surface area contributed by atoms with Gasteiger partial charge in [0.1, 0.15) is 5.60 Å². The van der Waals surface area contributed by atoms with Crippen molar-refractivity contribution in [2.24, 2.45) is 5.92 Å². The van der Waals surface area contributed by atoms with E-state index in [9.17, 15) is 0 Å². The fourth-order valence-corrected chi connectivity index (χ4v) is 4.66. The third-order valence-corrected chi connectivity index (χ3v) is 6.29. The number of benzene rings is 2. The van der Waals surface area contributed by atoms with E-state index in [1.165, 1.54) is 36.8 Å². The lowest BCUT2D eigenvalue weighted by Crippen LogP contribution is -2.60. The minimum Gasteiger partial charge on any atom is -0.367 e. The monoisotopic (exact) mass is 351 g/mol. The Bertz CT molecular complexity index is 626. The predicted molar refractivity (Wildman–Crippen MR) is 109 cm³/mol. The molecule has 1 unspecified atom stereocenters. The first kappa shape index (κ1) is 19.1. The van der Waals surface area contributed by atoms with Crippen molar-refractivity contribution < 1.29 is 4.74 Å². The molecule has 0 amide bonds. The molecule has 0 aromatic heterocycles. The van der Waals surface area contributed by atoms with Gasteiger partial charge < -0.3 is 10.1 Å². The molecule has 1 saturated carbocycles. The van der Waals surface area contributed by atoms with Gasteiger partial charge in [0.25, 0.3) is 0 Å². The fourth-order valence-electron chi connectivity index (χ4n) is 4.66. The highest BCUT2D eigenvalue weighted by atomic mass is 16.5. The summed E-state index contributed by atoms with van der Waals surface area (Å²) in [6.07, 6.45) is 6.53. The van der Waals surface area contributed by atoms with Crippen molar-refractivity contribution in [3.8, 4) is 0 Å². The second-order valence-corrected chi connectivity index (χ2v) is 7.82. The van der Waals surface area contributed by atoms with E-state index in [2.05, 4.69) is 79.8 Å². The Labute approximate surface area is 159 Å². The molecule has 0 aliphatic heterocycles. The van der Waals surface area contributed by atoms with Gasteiger partial charge in [-0.2, -0.15) is 0 Å². The van der Waals surface area contributed by atoms with Crippen LogP contribution in [0.2, 0.25) is 0 Å². The number of methoxy groups -OCH3 is 1. The van der Waals surface area contributed by atoms with Gasteiger partial charge in [0, 0.05) is 7.11 Å². The van der Waals surface area contributed by atoms with E-state index in [0.717, 1.165) is 18.9 Å². The lowest BCUT2D eigenvalue weighted by Gasteiger charge is -2.50. The Morgan fingerprint density at radius 1 is 0.962 bits per heavy atom. The minimum atomic E-state index is -0.519. The highest BCUT2D eigenvalue weighted by molar-refractivity contribution is 5.41. The molecule has 3 rings (SSSR count). The highest BCUT2D eigenvalue weighted by Crippen LogP contribution is 2.46. The maximum atomic E-state index is 6.45. The Morgan fingerprint density at radius 3 is 1.88 bits per heavy atom. The third-order valence-electron chi connectivity index (χ3n) is 6.29. The summed E-state index contributed by atoms with van der Waals surface area (Å²) in [6, 6.07) is 21.4. The second kappa shape index (κ2) is 8.37. The van der Waals surface area contributed by atoms with Crippen LogP contribution in [0.3, 0.4) is 0 Å². The van der Waals surface area contributed by atoms with Gasteiger partial charge in [-0.1, -0.05) is 86.8 Å². The molecule has 0 spiro atoms. The van der Waals surface area contributed by atoms with Crippen molar-refractivity contribution in [1.29, 1.82) is 0 Å². The molecule has 1 aliphatic rings. The molecule has 26 heavy (non-hydrogen) atoms. The van der Waals surface area contributed by atoms with Crippen molar-refractivity contribution in [2.75, 3.05) is 13.7 Å². The van der Waals surface area contributed by atoms with Crippen LogP contribution >= 0.6 is 0 Å². The van der Waals surface area contributed by atoms with E-state index < -0.39 is 5.60 Å². The van der Waals surface area contributed by atoms with Crippen LogP contribution in [0.1, 0.15) is 57.1 Å².